The predicted molar refractivity (Wildman–Crippen MR) is 137 cm³/mol. The summed E-state index contributed by atoms with van der Waals surface area (Å²) < 4.78 is 13.5. The van der Waals surface area contributed by atoms with Crippen LogP contribution in [0.5, 0.6) is 5.75 Å². The number of hydrogen-bond donors (Lipinski definition) is 1. The number of para-hydroxylation sites is 1. The van der Waals surface area contributed by atoms with Crippen LogP contribution < -0.4 is 10.1 Å². The molecular weight excluding hydrogens is 452 g/mol. The molecule has 3 unspecified atom stereocenters. The third kappa shape index (κ3) is 3.60. The minimum atomic E-state index is -0.0747. The van der Waals surface area contributed by atoms with Gasteiger partial charge in [-0.3, -0.25) is 4.79 Å². The molecule has 4 aliphatic rings. The van der Waals surface area contributed by atoms with E-state index in [0.29, 0.717) is 18.2 Å². The van der Waals surface area contributed by atoms with Gasteiger partial charge in [0.1, 0.15) is 23.9 Å². The highest BCUT2D eigenvalue weighted by molar-refractivity contribution is 6.06. The maximum atomic E-state index is 13.6. The van der Waals surface area contributed by atoms with Gasteiger partial charge in [0, 0.05) is 24.5 Å². The summed E-state index contributed by atoms with van der Waals surface area (Å²) >= 11 is 0. The Balaban J connectivity index is 1.14. The average Bonchev–Trinajstić information content (AvgIpc) is 3.24. The Morgan fingerprint density at radius 3 is 2.83 bits per heavy atom. The van der Waals surface area contributed by atoms with Crippen molar-refractivity contribution in [3.05, 3.63) is 72.1 Å². The number of carbonyl (C=O) groups is 1. The zero-order valence-corrected chi connectivity index (χ0v) is 20.4. The van der Waals surface area contributed by atoms with E-state index in [2.05, 4.69) is 52.8 Å². The van der Waals surface area contributed by atoms with Crippen LogP contribution in [-0.2, 0) is 4.74 Å². The number of benzene rings is 2. The van der Waals surface area contributed by atoms with E-state index in [1.165, 1.54) is 24.8 Å². The van der Waals surface area contributed by atoms with Crippen molar-refractivity contribution < 1.29 is 14.3 Å². The quantitative estimate of drug-likeness (QED) is 0.586. The minimum Gasteiger partial charge on any atom is -0.489 e. The highest BCUT2D eigenvalue weighted by atomic mass is 16.5. The summed E-state index contributed by atoms with van der Waals surface area (Å²) in [6.07, 6.45) is 8.91. The standard InChI is InChI=1S/C29H32N4O3/c34-28(30-25-18-29(25)12-5-9-23(29)20-6-2-1-3-7-20)26-22-8-4-10-24-27(22)33(31-26)21(19-36-24)11-13-32-14-16-35-17-15-32/h1-4,6-8,10-11,13,21,23,25H,5,9,12,14-19H2,(H,30,34)/b13-11+/t21?,23-,25?,29?/m0/s1. The summed E-state index contributed by atoms with van der Waals surface area (Å²) in [5.41, 5.74) is 3.00. The Labute approximate surface area is 211 Å². The summed E-state index contributed by atoms with van der Waals surface area (Å²) in [7, 11) is 0. The van der Waals surface area contributed by atoms with Crippen molar-refractivity contribution in [1.82, 2.24) is 20.0 Å². The average molecular weight is 485 g/mol. The van der Waals surface area contributed by atoms with Crippen LogP contribution in [0.3, 0.4) is 0 Å². The number of carbonyl (C=O) groups excluding carboxylic acids is 1. The van der Waals surface area contributed by atoms with Crippen LogP contribution in [0.15, 0.2) is 60.8 Å². The largest absolute Gasteiger partial charge is 0.489 e. The zero-order valence-electron chi connectivity index (χ0n) is 20.4. The van der Waals surface area contributed by atoms with Gasteiger partial charge in [0.15, 0.2) is 5.69 Å². The summed E-state index contributed by atoms with van der Waals surface area (Å²) in [4.78, 5) is 15.9. The lowest BCUT2D eigenvalue weighted by Gasteiger charge is -2.27. The van der Waals surface area contributed by atoms with Gasteiger partial charge in [-0.15, -0.1) is 0 Å². The van der Waals surface area contributed by atoms with Crippen LogP contribution in [0.1, 0.15) is 53.7 Å². The molecule has 2 saturated carbocycles. The highest BCUT2D eigenvalue weighted by Crippen LogP contribution is 2.65. The van der Waals surface area contributed by atoms with E-state index in [9.17, 15) is 4.79 Å². The van der Waals surface area contributed by atoms with Crippen molar-refractivity contribution in [2.75, 3.05) is 32.9 Å². The summed E-state index contributed by atoms with van der Waals surface area (Å²) in [5.74, 6) is 1.24. The Hall–Kier alpha value is -3.32. The predicted octanol–water partition coefficient (Wildman–Crippen LogP) is 4.27. The zero-order chi connectivity index (χ0) is 24.1. The number of nitrogens with one attached hydrogen (secondary N) is 1. The van der Waals surface area contributed by atoms with Crippen LogP contribution >= 0.6 is 0 Å². The van der Waals surface area contributed by atoms with E-state index < -0.39 is 0 Å². The van der Waals surface area contributed by atoms with Gasteiger partial charge < -0.3 is 19.7 Å². The normalized spacial score (nSPS) is 29.1. The van der Waals surface area contributed by atoms with Crippen molar-refractivity contribution >= 4 is 16.8 Å². The number of rotatable bonds is 5. The molecule has 1 saturated heterocycles. The second kappa shape index (κ2) is 8.66. The molecule has 3 fully saturated rings. The first-order valence-electron chi connectivity index (χ1n) is 13.2. The van der Waals surface area contributed by atoms with E-state index in [0.717, 1.165) is 49.4 Å². The molecule has 4 atom stereocenters. The third-order valence-electron chi connectivity index (χ3n) is 8.65. The lowest BCUT2D eigenvalue weighted by atomic mass is 9.85. The summed E-state index contributed by atoms with van der Waals surface area (Å²) in [5, 5.41) is 9.10. The summed E-state index contributed by atoms with van der Waals surface area (Å²) in [6.45, 7) is 3.77. The smallest absolute Gasteiger partial charge is 0.272 e. The Morgan fingerprint density at radius 1 is 1.11 bits per heavy atom. The molecule has 1 aromatic heterocycles. The van der Waals surface area contributed by atoms with Gasteiger partial charge in [0.25, 0.3) is 5.91 Å². The second-order valence-corrected chi connectivity index (χ2v) is 10.6. The molecule has 0 bridgehead atoms. The van der Waals surface area contributed by atoms with Crippen LogP contribution in [-0.4, -0.2) is 59.5 Å². The Kier molecular flexibility index (Phi) is 5.27. The molecule has 0 radical (unpaired) electrons. The monoisotopic (exact) mass is 484 g/mol. The molecule has 1 N–H and O–H groups in total. The molecule has 186 valence electrons. The van der Waals surface area contributed by atoms with Crippen LogP contribution in [0.4, 0.5) is 0 Å². The van der Waals surface area contributed by atoms with Gasteiger partial charge >= 0.3 is 0 Å². The lowest BCUT2D eigenvalue weighted by Crippen LogP contribution is -2.32. The lowest BCUT2D eigenvalue weighted by molar-refractivity contribution is 0.0590. The Bertz CT molecular complexity index is 1310. The van der Waals surface area contributed by atoms with Crippen molar-refractivity contribution in [3.8, 4) is 5.75 Å². The van der Waals surface area contributed by atoms with Gasteiger partial charge in [0.05, 0.1) is 13.2 Å². The number of amides is 1. The van der Waals surface area contributed by atoms with Crippen LogP contribution in [0.2, 0.25) is 0 Å². The molecule has 3 aromatic rings. The molecule has 7 nitrogen and oxygen atoms in total. The topological polar surface area (TPSA) is 68.6 Å². The first-order valence-corrected chi connectivity index (χ1v) is 13.2. The minimum absolute atomic E-state index is 0.0589. The van der Waals surface area contributed by atoms with E-state index in [1.807, 2.05) is 22.9 Å². The van der Waals surface area contributed by atoms with Crippen molar-refractivity contribution in [1.29, 1.82) is 0 Å². The van der Waals surface area contributed by atoms with Crippen molar-refractivity contribution in [2.24, 2.45) is 5.41 Å². The van der Waals surface area contributed by atoms with Gasteiger partial charge in [-0.05, 0) is 54.5 Å². The van der Waals surface area contributed by atoms with Gasteiger partial charge in [-0.25, -0.2) is 4.68 Å². The van der Waals surface area contributed by atoms with E-state index in [1.54, 1.807) is 0 Å². The second-order valence-electron chi connectivity index (χ2n) is 10.6. The fourth-order valence-corrected chi connectivity index (χ4v) is 6.70. The van der Waals surface area contributed by atoms with E-state index >= 15 is 0 Å². The van der Waals surface area contributed by atoms with Crippen LogP contribution in [0.25, 0.3) is 10.9 Å². The molecule has 7 heteroatoms. The molecular formula is C29H32N4O3. The molecule has 36 heavy (non-hydrogen) atoms. The number of ether oxygens (including phenoxy) is 2. The highest BCUT2D eigenvalue weighted by Gasteiger charge is 2.61. The maximum absolute atomic E-state index is 13.6. The molecule has 1 amide bonds. The fourth-order valence-electron chi connectivity index (χ4n) is 6.70. The SMILES string of the molecule is O=C(NC1CC12CCC[C@H]2c1ccccc1)c1nn2c3c(cccc13)OCC2/C=C/N1CCOCC1. The molecule has 7 rings (SSSR count). The van der Waals surface area contributed by atoms with Gasteiger partial charge in [-0.1, -0.05) is 48.9 Å². The van der Waals surface area contributed by atoms with Gasteiger partial charge in [-0.2, -0.15) is 5.10 Å². The molecule has 2 aliphatic carbocycles. The van der Waals surface area contributed by atoms with Crippen LogP contribution in [0, 0.1) is 5.41 Å². The number of hydrogen-bond acceptors (Lipinski definition) is 5. The van der Waals surface area contributed by atoms with E-state index in [-0.39, 0.29) is 23.4 Å². The fraction of sp³-hybridized carbons (Fsp3) is 0.448. The van der Waals surface area contributed by atoms with Gasteiger partial charge in [0.2, 0.25) is 0 Å². The molecule has 2 aromatic carbocycles. The van der Waals surface area contributed by atoms with Crippen molar-refractivity contribution in [3.63, 3.8) is 0 Å². The first-order chi connectivity index (χ1) is 17.7. The summed E-state index contributed by atoms with van der Waals surface area (Å²) in [6, 6.07) is 16.9. The number of aromatic nitrogens is 2. The molecule has 1 spiro atoms. The first kappa shape index (κ1) is 21.9. The molecule has 3 heterocycles. The number of morpholine rings is 1. The Morgan fingerprint density at radius 2 is 1.97 bits per heavy atom. The van der Waals surface area contributed by atoms with E-state index in [4.69, 9.17) is 14.6 Å². The maximum Gasteiger partial charge on any atom is 0.272 e. The molecule has 2 aliphatic heterocycles. The number of nitrogens with zero attached hydrogens (tertiary/aromatic N) is 3. The van der Waals surface area contributed by atoms with Crippen molar-refractivity contribution in [2.45, 2.75) is 43.7 Å². The third-order valence-corrected chi connectivity index (χ3v) is 8.65.